The first kappa shape index (κ1) is 25.4. The number of rotatable bonds is 5. The highest BCUT2D eigenvalue weighted by Crippen LogP contribution is 2.35. The molecular formula is C25H22F4N4O2S. The molecule has 1 amide bonds. The highest BCUT2D eigenvalue weighted by Gasteiger charge is 2.32. The van der Waals surface area contributed by atoms with Crippen molar-refractivity contribution in [2.24, 2.45) is 0 Å². The molecule has 0 spiro atoms. The maximum absolute atomic E-state index is 13.8. The number of halogens is 4. The average molecular weight is 519 g/mol. The number of amides is 1. The van der Waals surface area contributed by atoms with Crippen LogP contribution in [0.3, 0.4) is 0 Å². The normalized spacial score (nSPS) is 13.7. The average Bonchev–Trinajstić information content (AvgIpc) is 2.85. The molecule has 0 radical (unpaired) electrons. The van der Waals surface area contributed by atoms with Crippen LogP contribution in [0, 0.1) is 5.82 Å². The number of morpholine rings is 1. The van der Waals surface area contributed by atoms with Gasteiger partial charge >= 0.3 is 6.18 Å². The second kappa shape index (κ2) is 10.9. The minimum absolute atomic E-state index is 0.0809. The summed E-state index contributed by atoms with van der Waals surface area (Å²) in [6, 6.07) is 15.8. The second-order valence-electron chi connectivity index (χ2n) is 7.96. The van der Waals surface area contributed by atoms with Gasteiger partial charge in [0.2, 0.25) is 0 Å². The van der Waals surface area contributed by atoms with Crippen LogP contribution in [0.5, 0.6) is 0 Å². The topological polar surface area (TPSA) is 65.6 Å². The third kappa shape index (κ3) is 6.49. The predicted molar refractivity (Wildman–Crippen MR) is 135 cm³/mol. The van der Waals surface area contributed by atoms with Gasteiger partial charge in [0.15, 0.2) is 5.11 Å². The Balaban J connectivity index is 1.42. The van der Waals surface area contributed by atoms with E-state index in [4.69, 9.17) is 17.0 Å². The molecule has 36 heavy (non-hydrogen) atoms. The summed E-state index contributed by atoms with van der Waals surface area (Å²) in [6.45, 7) is 1.86. The van der Waals surface area contributed by atoms with Crippen LogP contribution in [0.25, 0.3) is 0 Å². The highest BCUT2D eigenvalue weighted by molar-refractivity contribution is 7.80. The van der Waals surface area contributed by atoms with Gasteiger partial charge in [-0.3, -0.25) is 4.79 Å². The predicted octanol–water partition coefficient (Wildman–Crippen LogP) is 5.74. The number of anilines is 4. The number of carbonyl (C=O) groups excluding carboxylic acids is 1. The lowest BCUT2D eigenvalue weighted by molar-refractivity contribution is -0.137. The smallest absolute Gasteiger partial charge is 0.378 e. The Morgan fingerprint density at radius 2 is 1.47 bits per heavy atom. The van der Waals surface area contributed by atoms with Gasteiger partial charge in [-0.1, -0.05) is 12.1 Å². The number of hydrogen-bond acceptors (Lipinski definition) is 4. The number of benzene rings is 3. The van der Waals surface area contributed by atoms with Gasteiger partial charge in [0.1, 0.15) is 5.82 Å². The van der Waals surface area contributed by atoms with Crippen LogP contribution in [-0.2, 0) is 10.9 Å². The number of nitrogens with zero attached hydrogens (tertiary/aromatic N) is 1. The summed E-state index contributed by atoms with van der Waals surface area (Å²) in [7, 11) is 0. The number of carbonyl (C=O) groups is 1. The molecule has 4 rings (SSSR count). The molecule has 6 nitrogen and oxygen atoms in total. The molecule has 3 aromatic rings. The van der Waals surface area contributed by atoms with Gasteiger partial charge < -0.3 is 25.6 Å². The van der Waals surface area contributed by atoms with Gasteiger partial charge in [-0.2, -0.15) is 13.2 Å². The molecule has 188 valence electrons. The number of thiocarbonyl (C=S) groups is 1. The summed E-state index contributed by atoms with van der Waals surface area (Å²) in [4.78, 5) is 14.1. The van der Waals surface area contributed by atoms with Crippen molar-refractivity contribution in [3.8, 4) is 0 Å². The van der Waals surface area contributed by atoms with Gasteiger partial charge in [0.05, 0.1) is 24.3 Å². The lowest BCUT2D eigenvalue weighted by atomic mass is 10.1. The largest absolute Gasteiger partial charge is 0.416 e. The Bertz CT molecular complexity index is 1250. The Morgan fingerprint density at radius 3 is 2.11 bits per heavy atom. The molecule has 1 aliphatic heterocycles. The molecular weight excluding hydrogens is 496 g/mol. The van der Waals surface area contributed by atoms with Crippen molar-refractivity contribution in [2.75, 3.05) is 47.2 Å². The Hall–Kier alpha value is -3.70. The summed E-state index contributed by atoms with van der Waals surface area (Å²) in [6.07, 6.45) is -4.52. The fourth-order valence-corrected chi connectivity index (χ4v) is 3.86. The van der Waals surface area contributed by atoms with Crippen molar-refractivity contribution < 1.29 is 27.1 Å². The van der Waals surface area contributed by atoms with Gasteiger partial charge in [0.25, 0.3) is 5.91 Å². The van der Waals surface area contributed by atoms with Gasteiger partial charge in [0, 0.05) is 35.8 Å². The third-order valence-electron chi connectivity index (χ3n) is 5.40. The van der Waals surface area contributed by atoms with Crippen molar-refractivity contribution in [1.29, 1.82) is 0 Å². The number of alkyl halides is 3. The summed E-state index contributed by atoms with van der Waals surface area (Å²) in [5.74, 6) is -1.22. The lowest BCUT2D eigenvalue weighted by Crippen LogP contribution is -2.36. The molecule has 1 saturated heterocycles. The van der Waals surface area contributed by atoms with Gasteiger partial charge in [-0.05, 0) is 66.8 Å². The number of ether oxygens (including phenoxy) is 1. The first-order valence-electron chi connectivity index (χ1n) is 11.0. The fourth-order valence-electron chi connectivity index (χ4n) is 3.63. The molecule has 0 bridgehead atoms. The number of nitrogens with one attached hydrogen (secondary N) is 3. The minimum Gasteiger partial charge on any atom is -0.378 e. The molecule has 0 atom stereocenters. The van der Waals surface area contributed by atoms with Crippen molar-refractivity contribution in [3.05, 3.63) is 83.7 Å². The molecule has 1 fully saturated rings. The molecule has 1 aliphatic rings. The highest BCUT2D eigenvalue weighted by atomic mass is 32.1. The number of hydrogen-bond donors (Lipinski definition) is 3. The monoisotopic (exact) mass is 518 g/mol. The van der Waals surface area contributed by atoms with E-state index in [1.54, 1.807) is 36.4 Å². The van der Waals surface area contributed by atoms with Crippen LogP contribution in [0.15, 0.2) is 66.7 Å². The molecule has 0 saturated carbocycles. The van der Waals surface area contributed by atoms with Crippen molar-refractivity contribution in [1.82, 2.24) is 0 Å². The van der Waals surface area contributed by atoms with Crippen molar-refractivity contribution in [3.63, 3.8) is 0 Å². The molecule has 3 N–H and O–H groups in total. The molecule has 3 aromatic carbocycles. The Morgan fingerprint density at radius 1 is 0.861 bits per heavy atom. The van der Waals surface area contributed by atoms with E-state index < -0.39 is 23.5 Å². The Labute approximate surface area is 210 Å². The third-order valence-corrected chi connectivity index (χ3v) is 5.60. The molecule has 11 heteroatoms. The van der Waals surface area contributed by atoms with E-state index in [0.717, 1.165) is 12.1 Å². The lowest BCUT2D eigenvalue weighted by Gasteiger charge is -2.30. The molecule has 1 heterocycles. The quantitative estimate of drug-likeness (QED) is 0.296. The van der Waals surface area contributed by atoms with Crippen molar-refractivity contribution >= 4 is 46.0 Å². The van der Waals surface area contributed by atoms with E-state index in [2.05, 4.69) is 16.0 Å². The molecule has 0 aromatic heterocycles. The van der Waals surface area contributed by atoms with E-state index in [9.17, 15) is 22.4 Å². The van der Waals surface area contributed by atoms with Gasteiger partial charge in [-0.25, -0.2) is 4.39 Å². The van der Waals surface area contributed by atoms with Crippen LogP contribution in [0.1, 0.15) is 15.9 Å². The van der Waals surface area contributed by atoms with E-state index in [1.807, 2.05) is 4.90 Å². The summed E-state index contributed by atoms with van der Waals surface area (Å²) >= 11 is 5.29. The van der Waals surface area contributed by atoms with Gasteiger partial charge in [-0.15, -0.1) is 0 Å². The Kier molecular flexibility index (Phi) is 7.70. The maximum Gasteiger partial charge on any atom is 0.416 e. The minimum atomic E-state index is -4.52. The standard InChI is InChI=1S/C25H22F4N4O2S/c26-22-4-2-1-3-21(22)23(34)30-17-5-7-18(8-6-17)31-24(36)32-19-13-16(25(27,28)29)14-20(15-19)33-9-11-35-12-10-33/h1-8,13-15H,9-12H2,(H,30,34)(H2,31,32,36). The summed E-state index contributed by atoms with van der Waals surface area (Å²) in [5.41, 5.74) is 0.720. The zero-order valence-corrected chi connectivity index (χ0v) is 19.7. The second-order valence-corrected chi connectivity index (χ2v) is 8.36. The van der Waals surface area contributed by atoms with Crippen molar-refractivity contribution in [2.45, 2.75) is 6.18 Å². The first-order valence-corrected chi connectivity index (χ1v) is 11.4. The van der Waals surface area contributed by atoms with Crippen LogP contribution in [-0.4, -0.2) is 37.3 Å². The van der Waals surface area contributed by atoms with Crippen LogP contribution < -0.4 is 20.9 Å². The zero-order valence-electron chi connectivity index (χ0n) is 18.9. The van der Waals surface area contributed by atoms with Crippen LogP contribution >= 0.6 is 12.2 Å². The van der Waals surface area contributed by atoms with E-state index in [-0.39, 0.29) is 16.4 Å². The maximum atomic E-state index is 13.8. The van der Waals surface area contributed by atoms with E-state index in [1.165, 1.54) is 18.2 Å². The van der Waals surface area contributed by atoms with Crippen LogP contribution in [0.4, 0.5) is 40.3 Å². The summed E-state index contributed by atoms with van der Waals surface area (Å²) in [5, 5.41) is 8.40. The van der Waals surface area contributed by atoms with E-state index in [0.29, 0.717) is 43.4 Å². The van der Waals surface area contributed by atoms with Crippen LogP contribution in [0.2, 0.25) is 0 Å². The molecule has 0 aliphatic carbocycles. The first-order chi connectivity index (χ1) is 17.2. The SMILES string of the molecule is O=C(Nc1ccc(NC(=S)Nc2cc(N3CCOCC3)cc(C(F)(F)F)c2)cc1)c1ccccc1F. The zero-order chi connectivity index (χ0) is 25.7. The molecule has 0 unspecified atom stereocenters. The fraction of sp³-hybridized carbons (Fsp3) is 0.200. The van der Waals surface area contributed by atoms with E-state index >= 15 is 0 Å². The summed E-state index contributed by atoms with van der Waals surface area (Å²) < 4.78 is 59.5.